The van der Waals surface area contributed by atoms with Gasteiger partial charge in [-0.2, -0.15) is 0 Å². The van der Waals surface area contributed by atoms with Crippen LogP contribution in [0, 0.1) is 5.41 Å². The van der Waals surface area contributed by atoms with Crippen LogP contribution in [0.5, 0.6) is 0 Å². The number of nitrogens with one attached hydrogen (secondary N) is 1. The molecule has 0 aromatic carbocycles. The van der Waals surface area contributed by atoms with Crippen molar-refractivity contribution in [1.29, 1.82) is 0 Å². The predicted octanol–water partition coefficient (Wildman–Crippen LogP) is 2.49. The summed E-state index contributed by atoms with van der Waals surface area (Å²) in [7, 11) is 2.06. The van der Waals surface area contributed by atoms with E-state index in [1.54, 1.807) is 0 Å². The number of hydrogen-bond donors (Lipinski definition) is 1. The van der Waals surface area contributed by atoms with Crippen LogP contribution in [0.2, 0.25) is 0 Å². The van der Waals surface area contributed by atoms with Crippen molar-refractivity contribution >= 4 is 0 Å². The summed E-state index contributed by atoms with van der Waals surface area (Å²) in [6, 6.07) is 1.48. The van der Waals surface area contributed by atoms with Crippen LogP contribution < -0.4 is 5.32 Å². The fraction of sp³-hybridized carbons (Fsp3) is 1.00. The monoisotopic (exact) mass is 212 g/mol. The maximum atomic E-state index is 3.39. The zero-order valence-corrected chi connectivity index (χ0v) is 11.1. The lowest BCUT2D eigenvalue weighted by atomic mass is 9.84. The maximum absolute atomic E-state index is 3.39. The van der Waals surface area contributed by atoms with Crippen LogP contribution in [-0.2, 0) is 0 Å². The Kier molecular flexibility index (Phi) is 4.60. The fourth-order valence-electron chi connectivity index (χ4n) is 2.17. The Morgan fingerprint density at radius 3 is 2.40 bits per heavy atom. The largest absolute Gasteiger partial charge is 0.317 e. The summed E-state index contributed by atoms with van der Waals surface area (Å²) < 4.78 is 0. The molecule has 15 heavy (non-hydrogen) atoms. The van der Waals surface area contributed by atoms with Crippen LogP contribution in [-0.4, -0.2) is 37.1 Å². The molecule has 0 bridgehead atoms. The van der Waals surface area contributed by atoms with Crippen molar-refractivity contribution in [2.75, 3.05) is 20.1 Å². The summed E-state index contributed by atoms with van der Waals surface area (Å²) >= 11 is 0. The molecule has 1 aliphatic carbocycles. The highest BCUT2D eigenvalue weighted by atomic mass is 15.2. The van der Waals surface area contributed by atoms with Crippen molar-refractivity contribution < 1.29 is 0 Å². The molecule has 2 heteroatoms. The zero-order valence-electron chi connectivity index (χ0n) is 11.1. The van der Waals surface area contributed by atoms with Crippen LogP contribution in [0.4, 0.5) is 0 Å². The van der Waals surface area contributed by atoms with Crippen molar-refractivity contribution in [3.05, 3.63) is 0 Å². The smallest absolute Gasteiger partial charge is 0.00991 e. The van der Waals surface area contributed by atoms with Crippen molar-refractivity contribution in [2.45, 2.75) is 59.0 Å². The molecule has 1 aliphatic rings. The number of nitrogens with zero attached hydrogens (tertiary/aromatic N) is 1. The Morgan fingerprint density at radius 1 is 1.40 bits per heavy atom. The molecule has 1 rings (SSSR count). The molecule has 0 aromatic heterocycles. The van der Waals surface area contributed by atoms with Gasteiger partial charge in [0.15, 0.2) is 0 Å². The zero-order chi connectivity index (χ0) is 11.5. The topological polar surface area (TPSA) is 15.3 Å². The molecule has 0 heterocycles. The lowest BCUT2D eigenvalue weighted by Gasteiger charge is -2.37. The van der Waals surface area contributed by atoms with Crippen molar-refractivity contribution in [1.82, 2.24) is 10.2 Å². The van der Waals surface area contributed by atoms with Gasteiger partial charge in [-0.25, -0.2) is 0 Å². The molecule has 0 amide bonds. The van der Waals surface area contributed by atoms with Gasteiger partial charge in [0.05, 0.1) is 0 Å². The fourth-order valence-corrected chi connectivity index (χ4v) is 2.17. The molecule has 1 unspecified atom stereocenters. The van der Waals surface area contributed by atoms with Crippen LogP contribution in [0.3, 0.4) is 0 Å². The highest BCUT2D eigenvalue weighted by molar-refractivity contribution is 4.90. The minimum atomic E-state index is 0.368. The summed E-state index contributed by atoms with van der Waals surface area (Å²) in [5, 5.41) is 3.39. The van der Waals surface area contributed by atoms with Gasteiger partial charge in [-0.3, -0.25) is 4.90 Å². The second kappa shape index (κ2) is 5.31. The normalized spacial score (nSPS) is 19.6. The first-order chi connectivity index (χ1) is 7.01. The van der Waals surface area contributed by atoms with E-state index in [1.807, 2.05) is 0 Å². The molecule has 1 N–H and O–H groups in total. The third-order valence-electron chi connectivity index (χ3n) is 3.79. The molecule has 0 saturated heterocycles. The summed E-state index contributed by atoms with van der Waals surface area (Å²) in [5.41, 5.74) is 0.368. The van der Waals surface area contributed by atoms with E-state index in [4.69, 9.17) is 0 Å². The molecule has 0 aliphatic heterocycles. The van der Waals surface area contributed by atoms with E-state index in [0.29, 0.717) is 11.5 Å². The van der Waals surface area contributed by atoms with E-state index in [0.717, 1.165) is 6.04 Å². The Labute approximate surface area is 95.4 Å². The standard InChI is InChI=1S/C13H28N2/c1-6-9-15(12-7-8-12)10-13(3,4)11(2)14-5/h11-12,14H,6-10H2,1-5H3. The first-order valence-electron chi connectivity index (χ1n) is 6.42. The van der Waals surface area contributed by atoms with Gasteiger partial charge >= 0.3 is 0 Å². The second-order valence-electron chi connectivity index (χ2n) is 5.70. The van der Waals surface area contributed by atoms with E-state index < -0.39 is 0 Å². The summed E-state index contributed by atoms with van der Waals surface area (Å²) in [6.07, 6.45) is 4.12. The van der Waals surface area contributed by atoms with E-state index >= 15 is 0 Å². The molecule has 0 radical (unpaired) electrons. The van der Waals surface area contributed by atoms with E-state index in [2.05, 4.69) is 45.0 Å². The van der Waals surface area contributed by atoms with Gasteiger partial charge in [0, 0.05) is 18.6 Å². The quantitative estimate of drug-likeness (QED) is 0.697. The Bertz CT molecular complexity index is 185. The molecule has 0 aromatic rings. The Balaban J connectivity index is 2.47. The van der Waals surface area contributed by atoms with Crippen LogP contribution in [0.15, 0.2) is 0 Å². The van der Waals surface area contributed by atoms with Crippen LogP contribution in [0.25, 0.3) is 0 Å². The molecule has 2 nitrogen and oxygen atoms in total. The van der Waals surface area contributed by atoms with E-state index in [9.17, 15) is 0 Å². The minimum Gasteiger partial charge on any atom is -0.317 e. The lowest BCUT2D eigenvalue weighted by Crippen LogP contribution is -2.46. The SMILES string of the molecule is CCCN(CC(C)(C)C(C)NC)C1CC1. The third-order valence-corrected chi connectivity index (χ3v) is 3.79. The highest BCUT2D eigenvalue weighted by Gasteiger charge is 2.34. The summed E-state index contributed by atoms with van der Waals surface area (Å²) in [4.78, 5) is 2.69. The molecule has 1 saturated carbocycles. The van der Waals surface area contributed by atoms with Gasteiger partial charge in [-0.15, -0.1) is 0 Å². The average molecular weight is 212 g/mol. The lowest BCUT2D eigenvalue weighted by molar-refractivity contribution is 0.139. The maximum Gasteiger partial charge on any atom is 0.00991 e. The first-order valence-corrected chi connectivity index (χ1v) is 6.42. The van der Waals surface area contributed by atoms with Gasteiger partial charge in [0.2, 0.25) is 0 Å². The second-order valence-corrected chi connectivity index (χ2v) is 5.70. The molecule has 1 atom stereocenters. The number of rotatable bonds is 7. The van der Waals surface area contributed by atoms with Crippen LogP contribution >= 0.6 is 0 Å². The molecule has 1 fully saturated rings. The highest BCUT2D eigenvalue weighted by Crippen LogP contribution is 2.31. The van der Waals surface area contributed by atoms with Crippen molar-refractivity contribution in [2.24, 2.45) is 5.41 Å². The molecule has 90 valence electrons. The molecular weight excluding hydrogens is 184 g/mol. The number of hydrogen-bond acceptors (Lipinski definition) is 2. The molecular formula is C13H28N2. The first kappa shape index (κ1) is 13.0. The third kappa shape index (κ3) is 3.76. The van der Waals surface area contributed by atoms with E-state index in [1.165, 1.54) is 32.4 Å². The van der Waals surface area contributed by atoms with E-state index in [-0.39, 0.29) is 0 Å². The minimum absolute atomic E-state index is 0.368. The molecule has 0 spiro atoms. The van der Waals surface area contributed by atoms with Gasteiger partial charge in [0.1, 0.15) is 0 Å². The predicted molar refractivity (Wildman–Crippen MR) is 67.2 cm³/mol. The van der Waals surface area contributed by atoms with Gasteiger partial charge in [-0.1, -0.05) is 20.8 Å². The van der Waals surface area contributed by atoms with Crippen LogP contribution in [0.1, 0.15) is 47.0 Å². The summed E-state index contributed by atoms with van der Waals surface area (Å²) in [5.74, 6) is 0. The van der Waals surface area contributed by atoms with Gasteiger partial charge < -0.3 is 5.32 Å². The average Bonchev–Trinajstić information content (AvgIpc) is 2.98. The van der Waals surface area contributed by atoms with Gasteiger partial charge in [-0.05, 0) is 45.2 Å². The van der Waals surface area contributed by atoms with Crippen molar-refractivity contribution in [3.8, 4) is 0 Å². The van der Waals surface area contributed by atoms with Gasteiger partial charge in [0.25, 0.3) is 0 Å². The Hall–Kier alpha value is -0.0800. The summed E-state index contributed by atoms with van der Waals surface area (Å²) in [6.45, 7) is 11.8. The Morgan fingerprint density at radius 2 is 2.00 bits per heavy atom. The van der Waals surface area contributed by atoms with Crippen molar-refractivity contribution in [3.63, 3.8) is 0 Å².